The number of hydrogen-bond acceptors (Lipinski definition) is 4. The molecule has 2 heterocycles. The van der Waals surface area contributed by atoms with Gasteiger partial charge in [0.25, 0.3) is 5.91 Å². The monoisotopic (exact) mass is 411 g/mol. The van der Waals surface area contributed by atoms with Crippen molar-refractivity contribution in [2.75, 3.05) is 26.2 Å². The van der Waals surface area contributed by atoms with Crippen LogP contribution in [0.15, 0.2) is 30.3 Å². The van der Waals surface area contributed by atoms with E-state index in [9.17, 15) is 9.59 Å². The van der Waals surface area contributed by atoms with Crippen LogP contribution in [0.5, 0.6) is 0 Å². The Morgan fingerprint density at radius 2 is 2.00 bits per heavy atom. The summed E-state index contributed by atoms with van der Waals surface area (Å²) in [5.41, 5.74) is 3.64. The highest BCUT2D eigenvalue weighted by Crippen LogP contribution is 2.20. The highest BCUT2D eigenvalue weighted by Gasteiger charge is 2.26. The Kier molecular flexibility index (Phi) is 7.69. The van der Waals surface area contributed by atoms with Gasteiger partial charge in [0.15, 0.2) is 0 Å². The number of aryl methyl sites for hydroxylation is 2. The molecule has 1 amide bonds. The molecule has 0 saturated carbocycles. The van der Waals surface area contributed by atoms with Crippen molar-refractivity contribution >= 4 is 11.9 Å². The molecule has 6 heteroatoms. The summed E-state index contributed by atoms with van der Waals surface area (Å²) in [6.45, 7) is 8.68. The molecular formula is C24H33N3O3. The van der Waals surface area contributed by atoms with E-state index in [1.54, 1.807) is 13.8 Å². The van der Waals surface area contributed by atoms with Crippen molar-refractivity contribution in [3.05, 3.63) is 58.4 Å². The lowest BCUT2D eigenvalue weighted by atomic mass is 10.0. The lowest BCUT2D eigenvalue weighted by Crippen LogP contribution is -2.48. The maximum atomic E-state index is 13.0. The molecule has 1 saturated heterocycles. The molecule has 1 fully saturated rings. The fraction of sp³-hybridized carbons (Fsp3) is 0.500. The van der Waals surface area contributed by atoms with E-state index in [2.05, 4.69) is 39.5 Å². The molecule has 30 heavy (non-hydrogen) atoms. The first-order valence-corrected chi connectivity index (χ1v) is 10.9. The second-order valence-electron chi connectivity index (χ2n) is 8.05. The highest BCUT2D eigenvalue weighted by atomic mass is 16.5. The number of rotatable bonds is 8. The van der Waals surface area contributed by atoms with Gasteiger partial charge < -0.3 is 19.9 Å². The number of benzene rings is 1. The Bertz CT molecular complexity index is 860. The number of hydrogen-bond donors (Lipinski definition) is 2. The van der Waals surface area contributed by atoms with Crippen molar-refractivity contribution in [3.63, 3.8) is 0 Å². The van der Waals surface area contributed by atoms with Crippen LogP contribution in [-0.2, 0) is 11.2 Å². The molecule has 2 N–H and O–H groups in total. The molecule has 162 valence electrons. The van der Waals surface area contributed by atoms with Gasteiger partial charge in [-0.15, -0.1) is 0 Å². The van der Waals surface area contributed by atoms with Gasteiger partial charge in [0.05, 0.1) is 12.2 Å². The third kappa shape index (κ3) is 5.51. The van der Waals surface area contributed by atoms with Crippen LogP contribution in [0.25, 0.3) is 0 Å². The summed E-state index contributed by atoms with van der Waals surface area (Å²) in [7, 11) is 0. The maximum Gasteiger partial charge on any atom is 0.355 e. The predicted molar refractivity (Wildman–Crippen MR) is 118 cm³/mol. The fourth-order valence-electron chi connectivity index (χ4n) is 4.28. The smallest absolute Gasteiger partial charge is 0.355 e. The average Bonchev–Trinajstić information content (AvgIpc) is 3.03. The number of nitrogens with zero attached hydrogens (tertiary/aromatic N) is 1. The van der Waals surface area contributed by atoms with Gasteiger partial charge in [-0.05, 0) is 70.7 Å². The van der Waals surface area contributed by atoms with Gasteiger partial charge in [0.1, 0.15) is 5.69 Å². The largest absolute Gasteiger partial charge is 0.461 e. The zero-order chi connectivity index (χ0) is 21.5. The van der Waals surface area contributed by atoms with Gasteiger partial charge >= 0.3 is 5.97 Å². The first kappa shape index (κ1) is 22.1. The second kappa shape index (κ2) is 10.4. The molecule has 0 bridgehead atoms. The summed E-state index contributed by atoms with van der Waals surface area (Å²) in [6.07, 6.45) is 4.25. The minimum absolute atomic E-state index is 0.118. The minimum Gasteiger partial charge on any atom is -0.461 e. The van der Waals surface area contributed by atoms with Crippen LogP contribution in [0.1, 0.15) is 63.9 Å². The number of piperidine rings is 1. The molecule has 0 unspecified atom stereocenters. The average molecular weight is 412 g/mol. The molecule has 0 spiro atoms. The summed E-state index contributed by atoms with van der Waals surface area (Å²) in [5, 5.41) is 3.19. The van der Waals surface area contributed by atoms with Gasteiger partial charge in [-0.25, -0.2) is 4.79 Å². The third-order valence-electron chi connectivity index (χ3n) is 5.77. The van der Waals surface area contributed by atoms with Crippen molar-refractivity contribution in [3.8, 4) is 0 Å². The Morgan fingerprint density at radius 3 is 2.73 bits per heavy atom. The van der Waals surface area contributed by atoms with E-state index in [4.69, 9.17) is 4.74 Å². The van der Waals surface area contributed by atoms with E-state index in [1.807, 2.05) is 13.0 Å². The number of aromatic nitrogens is 1. The molecule has 1 aliphatic heterocycles. The van der Waals surface area contributed by atoms with Gasteiger partial charge in [0, 0.05) is 18.3 Å². The Hall–Kier alpha value is -2.60. The third-order valence-corrected chi connectivity index (χ3v) is 5.77. The topological polar surface area (TPSA) is 74.4 Å². The number of carbonyl (C=O) groups excluding carboxylic acids is 2. The minimum atomic E-state index is -0.417. The number of likely N-dealkylation sites (tertiary alicyclic amines) is 1. The molecule has 1 aromatic heterocycles. The predicted octanol–water partition coefficient (Wildman–Crippen LogP) is 3.64. The first-order chi connectivity index (χ1) is 14.5. The fourth-order valence-corrected chi connectivity index (χ4v) is 4.28. The van der Waals surface area contributed by atoms with E-state index >= 15 is 0 Å². The zero-order valence-electron chi connectivity index (χ0n) is 18.3. The van der Waals surface area contributed by atoms with Gasteiger partial charge in [-0.1, -0.05) is 30.3 Å². The van der Waals surface area contributed by atoms with E-state index in [0.29, 0.717) is 29.1 Å². The normalized spacial score (nSPS) is 17.0. The molecule has 1 aromatic carbocycles. The van der Waals surface area contributed by atoms with Crippen LogP contribution < -0.4 is 5.32 Å². The maximum absolute atomic E-state index is 13.0. The van der Waals surface area contributed by atoms with Crippen LogP contribution in [0.2, 0.25) is 0 Å². The zero-order valence-corrected chi connectivity index (χ0v) is 18.3. The lowest BCUT2D eigenvalue weighted by Gasteiger charge is -2.33. The van der Waals surface area contributed by atoms with Crippen molar-refractivity contribution in [2.24, 2.45) is 0 Å². The number of nitrogens with one attached hydrogen (secondary N) is 2. The Morgan fingerprint density at radius 1 is 1.23 bits per heavy atom. The summed E-state index contributed by atoms with van der Waals surface area (Å²) < 4.78 is 5.08. The molecule has 3 rings (SSSR count). The lowest BCUT2D eigenvalue weighted by molar-refractivity contribution is 0.0519. The molecule has 2 aromatic rings. The van der Waals surface area contributed by atoms with E-state index < -0.39 is 5.97 Å². The van der Waals surface area contributed by atoms with E-state index in [-0.39, 0.29) is 11.9 Å². The SMILES string of the molecule is CCOC(=O)c1[nH]c(C)c(C(=O)N[C@H]2CCCN(CCCc3ccccc3)C2)c1C. The number of H-pyrrole nitrogens is 1. The van der Waals surface area contributed by atoms with Crippen LogP contribution in [0, 0.1) is 13.8 Å². The highest BCUT2D eigenvalue weighted by molar-refractivity contribution is 6.01. The van der Waals surface area contributed by atoms with E-state index in [1.165, 1.54) is 5.56 Å². The molecule has 1 atom stereocenters. The molecular weight excluding hydrogens is 378 g/mol. The standard InChI is InChI=1S/C24H33N3O3/c1-4-30-24(29)22-17(2)21(18(3)25-22)23(28)26-20-13-9-15-27(16-20)14-8-12-19-10-6-5-7-11-19/h5-7,10-11,20,25H,4,8-9,12-16H2,1-3H3,(H,26,28)/t20-/m0/s1. The van der Waals surface area contributed by atoms with Gasteiger partial charge in [0.2, 0.25) is 0 Å². The van der Waals surface area contributed by atoms with Crippen molar-refractivity contribution in [2.45, 2.75) is 52.5 Å². The number of amides is 1. The number of carbonyl (C=O) groups is 2. The summed E-state index contributed by atoms with van der Waals surface area (Å²) >= 11 is 0. The number of esters is 1. The van der Waals surface area contributed by atoms with Gasteiger partial charge in [-0.3, -0.25) is 4.79 Å². The van der Waals surface area contributed by atoms with Crippen LogP contribution in [0.4, 0.5) is 0 Å². The summed E-state index contributed by atoms with van der Waals surface area (Å²) in [6, 6.07) is 10.7. The Balaban J connectivity index is 1.54. The van der Waals surface area contributed by atoms with Crippen molar-refractivity contribution < 1.29 is 14.3 Å². The van der Waals surface area contributed by atoms with Gasteiger partial charge in [-0.2, -0.15) is 0 Å². The second-order valence-corrected chi connectivity index (χ2v) is 8.05. The van der Waals surface area contributed by atoms with Crippen molar-refractivity contribution in [1.29, 1.82) is 0 Å². The summed E-state index contributed by atoms with van der Waals surface area (Å²) in [5.74, 6) is -0.535. The Labute approximate surface area is 179 Å². The van der Waals surface area contributed by atoms with Crippen LogP contribution >= 0.6 is 0 Å². The number of ether oxygens (including phenoxy) is 1. The molecule has 6 nitrogen and oxygen atoms in total. The first-order valence-electron chi connectivity index (χ1n) is 10.9. The molecule has 1 aliphatic rings. The van der Waals surface area contributed by atoms with Crippen molar-refractivity contribution in [1.82, 2.24) is 15.2 Å². The van der Waals surface area contributed by atoms with Crippen LogP contribution in [-0.4, -0.2) is 54.0 Å². The summed E-state index contributed by atoms with van der Waals surface area (Å²) in [4.78, 5) is 30.5. The molecule has 0 aliphatic carbocycles. The molecule has 0 radical (unpaired) electrons. The van der Waals surface area contributed by atoms with Crippen LogP contribution in [0.3, 0.4) is 0 Å². The quantitative estimate of drug-likeness (QED) is 0.651. The number of aromatic amines is 1. The van der Waals surface area contributed by atoms with E-state index in [0.717, 1.165) is 45.3 Å².